The molecular weight excluding hydrogens is 300 g/mol. The largest absolute Gasteiger partial charge is 0.384 e. The lowest BCUT2D eigenvalue weighted by Crippen LogP contribution is -2.65. The van der Waals surface area contributed by atoms with E-state index in [2.05, 4.69) is 65.2 Å². The summed E-state index contributed by atoms with van der Waals surface area (Å²) in [6.45, 7) is 24.7. The Bertz CT molecular complexity index is 356. The van der Waals surface area contributed by atoms with Crippen LogP contribution in [-0.4, -0.2) is 74.5 Å². The van der Waals surface area contributed by atoms with Crippen LogP contribution in [0.15, 0.2) is 0 Å². The first-order valence-corrected chi connectivity index (χ1v) is 9.31. The van der Waals surface area contributed by atoms with Gasteiger partial charge in [-0.1, -0.05) is 27.7 Å². The molecular formula is C20H42N2O2. The van der Waals surface area contributed by atoms with Crippen molar-refractivity contribution in [2.45, 2.75) is 66.5 Å². The van der Waals surface area contributed by atoms with E-state index in [1.165, 1.54) is 0 Å². The van der Waals surface area contributed by atoms with Gasteiger partial charge < -0.3 is 9.47 Å². The summed E-state index contributed by atoms with van der Waals surface area (Å²) in [4.78, 5) is 5.28. The molecule has 1 rings (SSSR count). The fraction of sp³-hybridized carbons (Fsp3) is 1.00. The van der Waals surface area contributed by atoms with Crippen LogP contribution in [0.4, 0.5) is 0 Å². The Morgan fingerprint density at radius 1 is 0.583 bits per heavy atom. The summed E-state index contributed by atoms with van der Waals surface area (Å²) in [6, 6.07) is 0. The van der Waals surface area contributed by atoms with Crippen LogP contribution >= 0.6 is 0 Å². The van der Waals surface area contributed by atoms with Gasteiger partial charge in [0.25, 0.3) is 0 Å². The summed E-state index contributed by atoms with van der Waals surface area (Å²) in [5, 5.41) is 0. The van der Waals surface area contributed by atoms with E-state index in [-0.39, 0.29) is 21.9 Å². The first kappa shape index (κ1) is 21.9. The van der Waals surface area contributed by atoms with Crippen LogP contribution in [0.1, 0.15) is 55.4 Å². The smallest absolute Gasteiger partial charge is 0.0530 e. The highest BCUT2D eigenvalue weighted by atomic mass is 16.5. The fourth-order valence-electron chi connectivity index (χ4n) is 3.76. The van der Waals surface area contributed by atoms with Crippen molar-refractivity contribution < 1.29 is 9.47 Å². The second-order valence-corrected chi connectivity index (χ2v) is 9.73. The third kappa shape index (κ3) is 4.14. The molecule has 0 radical (unpaired) electrons. The maximum Gasteiger partial charge on any atom is 0.0530 e. The van der Waals surface area contributed by atoms with Gasteiger partial charge in [0, 0.05) is 62.3 Å². The Hall–Kier alpha value is -0.160. The second-order valence-electron chi connectivity index (χ2n) is 9.73. The number of ether oxygens (including phenoxy) is 2. The lowest BCUT2D eigenvalue weighted by Gasteiger charge is -2.56. The quantitative estimate of drug-likeness (QED) is 0.674. The highest BCUT2D eigenvalue weighted by molar-refractivity contribution is 5.01. The van der Waals surface area contributed by atoms with Crippen LogP contribution in [0.25, 0.3) is 0 Å². The lowest BCUT2D eigenvalue weighted by molar-refractivity contribution is -0.0913. The highest BCUT2D eigenvalue weighted by Crippen LogP contribution is 2.40. The SMILES string of the molecule is COCC(C)(C)C(C)(C)N1CCN(C(C)(C)C(C)(C)COC)CC1. The van der Waals surface area contributed by atoms with Crippen LogP contribution in [0, 0.1) is 10.8 Å². The summed E-state index contributed by atoms with van der Waals surface area (Å²) >= 11 is 0. The number of piperazine rings is 1. The molecule has 0 aromatic carbocycles. The fourth-order valence-corrected chi connectivity index (χ4v) is 3.76. The molecule has 0 saturated carbocycles. The molecule has 1 aliphatic rings. The molecule has 4 heteroatoms. The third-order valence-electron chi connectivity index (χ3n) is 7.18. The van der Waals surface area contributed by atoms with Crippen molar-refractivity contribution >= 4 is 0 Å². The summed E-state index contributed by atoms with van der Waals surface area (Å²) in [5.74, 6) is 0. The van der Waals surface area contributed by atoms with E-state index in [1.807, 2.05) is 0 Å². The minimum absolute atomic E-state index is 0.112. The van der Waals surface area contributed by atoms with Crippen molar-refractivity contribution in [2.75, 3.05) is 53.6 Å². The molecule has 1 fully saturated rings. The van der Waals surface area contributed by atoms with Crippen LogP contribution in [0.3, 0.4) is 0 Å². The summed E-state index contributed by atoms with van der Waals surface area (Å²) < 4.78 is 11.0. The normalized spacial score (nSPS) is 19.8. The van der Waals surface area contributed by atoms with Crippen molar-refractivity contribution in [3.8, 4) is 0 Å². The van der Waals surface area contributed by atoms with E-state index < -0.39 is 0 Å². The Morgan fingerprint density at radius 3 is 1.04 bits per heavy atom. The Labute approximate surface area is 150 Å². The Morgan fingerprint density at radius 2 is 0.833 bits per heavy atom. The van der Waals surface area contributed by atoms with Gasteiger partial charge in [0.2, 0.25) is 0 Å². The van der Waals surface area contributed by atoms with Crippen LogP contribution in [-0.2, 0) is 9.47 Å². The highest BCUT2D eigenvalue weighted by Gasteiger charge is 2.46. The van der Waals surface area contributed by atoms with E-state index in [0.29, 0.717) is 0 Å². The van der Waals surface area contributed by atoms with Gasteiger partial charge in [-0.15, -0.1) is 0 Å². The summed E-state index contributed by atoms with van der Waals surface area (Å²) in [6.07, 6.45) is 0. The average molecular weight is 343 g/mol. The maximum absolute atomic E-state index is 5.48. The topological polar surface area (TPSA) is 24.9 Å². The van der Waals surface area contributed by atoms with Crippen molar-refractivity contribution in [3.05, 3.63) is 0 Å². The average Bonchev–Trinajstić information content (AvgIpc) is 2.46. The predicted molar refractivity (Wildman–Crippen MR) is 103 cm³/mol. The lowest BCUT2D eigenvalue weighted by atomic mass is 9.72. The van der Waals surface area contributed by atoms with E-state index in [4.69, 9.17) is 9.47 Å². The van der Waals surface area contributed by atoms with E-state index in [9.17, 15) is 0 Å². The van der Waals surface area contributed by atoms with Gasteiger partial charge >= 0.3 is 0 Å². The molecule has 4 nitrogen and oxygen atoms in total. The molecule has 0 bridgehead atoms. The van der Waals surface area contributed by atoms with Gasteiger partial charge in [0.1, 0.15) is 0 Å². The minimum atomic E-state index is 0.112. The van der Waals surface area contributed by atoms with Crippen molar-refractivity contribution in [3.63, 3.8) is 0 Å². The van der Waals surface area contributed by atoms with Gasteiger partial charge in [0.05, 0.1) is 13.2 Å². The van der Waals surface area contributed by atoms with E-state index in [0.717, 1.165) is 39.4 Å². The maximum atomic E-state index is 5.48. The zero-order valence-electron chi connectivity index (χ0n) is 18.0. The molecule has 0 aliphatic carbocycles. The second kappa shape index (κ2) is 7.61. The van der Waals surface area contributed by atoms with Crippen LogP contribution in [0.2, 0.25) is 0 Å². The molecule has 1 aliphatic heterocycles. The molecule has 0 unspecified atom stereocenters. The third-order valence-corrected chi connectivity index (χ3v) is 7.18. The van der Waals surface area contributed by atoms with Gasteiger partial charge in [0.15, 0.2) is 0 Å². The van der Waals surface area contributed by atoms with Gasteiger partial charge in [-0.3, -0.25) is 9.80 Å². The van der Waals surface area contributed by atoms with Crippen molar-refractivity contribution in [2.24, 2.45) is 10.8 Å². The molecule has 1 heterocycles. The van der Waals surface area contributed by atoms with Crippen molar-refractivity contribution in [1.82, 2.24) is 9.80 Å². The van der Waals surface area contributed by atoms with Crippen LogP contribution in [0.5, 0.6) is 0 Å². The number of rotatable bonds is 8. The first-order valence-electron chi connectivity index (χ1n) is 9.31. The zero-order chi connectivity index (χ0) is 18.8. The molecule has 0 aromatic heterocycles. The van der Waals surface area contributed by atoms with Crippen molar-refractivity contribution in [1.29, 1.82) is 0 Å². The number of hydrogen-bond donors (Lipinski definition) is 0. The minimum Gasteiger partial charge on any atom is -0.384 e. The standard InChI is InChI=1S/C20H42N2O2/c1-17(2,15-23-9)19(5,6)21-11-13-22(14-12-21)20(7,8)18(3,4)16-24-10/h11-16H2,1-10H3. The number of hydrogen-bond acceptors (Lipinski definition) is 4. The number of nitrogens with zero attached hydrogens (tertiary/aromatic N) is 2. The molecule has 0 amide bonds. The number of methoxy groups -OCH3 is 2. The van der Waals surface area contributed by atoms with E-state index >= 15 is 0 Å². The summed E-state index contributed by atoms with van der Waals surface area (Å²) in [5.41, 5.74) is 0.464. The molecule has 0 N–H and O–H groups in total. The van der Waals surface area contributed by atoms with E-state index in [1.54, 1.807) is 14.2 Å². The van der Waals surface area contributed by atoms with Gasteiger partial charge in [-0.25, -0.2) is 0 Å². The summed E-state index contributed by atoms with van der Waals surface area (Å²) in [7, 11) is 3.60. The Kier molecular flexibility index (Phi) is 6.94. The molecule has 144 valence electrons. The molecule has 1 saturated heterocycles. The zero-order valence-corrected chi connectivity index (χ0v) is 18.0. The monoisotopic (exact) mass is 342 g/mol. The van der Waals surface area contributed by atoms with Gasteiger partial charge in [-0.05, 0) is 27.7 Å². The molecule has 0 spiro atoms. The van der Waals surface area contributed by atoms with Gasteiger partial charge in [-0.2, -0.15) is 0 Å². The first-order chi connectivity index (χ1) is 10.8. The molecule has 0 aromatic rings. The molecule has 0 atom stereocenters. The Balaban J connectivity index is 2.79. The van der Waals surface area contributed by atoms with Crippen LogP contribution < -0.4 is 0 Å². The predicted octanol–water partition coefficient (Wildman–Crippen LogP) is 3.51. The molecule has 24 heavy (non-hydrogen) atoms.